The summed E-state index contributed by atoms with van der Waals surface area (Å²) in [5.74, 6) is 16.1. The van der Waals surface area contributed by atoms with Crippen molar-refractivity contribution in [3.63, 3.8) is 0 Å². The van der Waals surface area contributed by atoms with Crippen LogP contribution in [0.5, 0.6) is 18.0 Å². The lowest BCUT2D eigenvalue weighted by atomic mass is 10.6. The molecule has 0 saturated carbocycles. The van der Waals surface area contributed by atoms with Gasteiger partial charge in [-0.2, -0.15) is 0 Å². The Morgan fingerprint density at radius 2 is 0.815 bits per heavy atom. The lowest BCUT2D eigenvalue weighted by molar-refractivity contribution is -0.0314. The van der Waals surface area contributed by atoms with Crippen LogP contribution in [0.4, 0.5) is 0 Å². The Bertz CT molecular complexity index is 664. The molecule has 0 aliphatic carbocycles. The van der Waals surface area contributed by atoms with Crippen LogP contribution < -0.4 is 14.2 Å². The summed E-state index contributed by atoms with van der Waals surface area (Å²) in [6.45, 7) is 4.93. The highest BCUT2D eigenvalue weighted by atomic mass is 16.7. The Kier molecular flexibility index (Phi) is 10.1. The summed E-state index contributed by atoms with van der Waals surface area (Å²) in [5.41, 5.74) is 0. The summed E-state index contributed by atoms with van der Waals surface area (Å²) < 4.78 is 31.6. The molecule has 3 unspecified atom stereocenters. The van der Waals surface area contributed by atoms with E-state index in [4.69, 9.17) is 28.4 Å². The molecule has 9 heteroatoms. The summed E-state index contributed by atoms with van der Waals surface area (Å²) >= 11 is 0. The molecule has 0 aliphatic heterocycles. The van der Waals surface area contributed by atoms with E-state index in [2.05, 4.69) is 50.5 Å². The maximum atomic E-state index is 5.46. The van der Waals surface area contributed by atoms with Crippen molar-refractivity contribution in [2.75, 3.05) is 21.3 Å². The number of hydrogen-bond acceptors (Lipinski definition) is 9. The number of methoxy groups -OCH3 is 3. The SMILES string of the molecule is CC#CC(OC)Oc1nc(OC(C#CC)OC)nc(OC(C#CC)OC)n1. The van der Waals surface area contributed by atoms with Crippen LogP contribution in [0.25, 0.3) is 0 Å². The second-order valence-electron chi connectivity index (χ2n) is 4.42. The van der Waals surface area contributed by atoms with Crippen molar-refractivity contribution in [1.82, 2.24) is 15.0 Å². The van der Waals surface area contributed by atoms with Crippen molar-refractivity contribution in [1.29, 1.82) is 0 Å². The number of ether oxygens (including phenoxy) is 6. The summed E-state index contributed by atoms with van der Waals surface area (Å²) in [6.07, 6.45) is -2.67. The molecule has 144 valence electrons. The van der Waals surface area contributed by atoms with Gasteiger partial charge < -0.3 is 28.4 Å². The van der Waals surface area contributed by atoms with E-state index < -0.39 is 18.9 Å². The molecule has 0 radical (unpaired) electrons. The average molecular weight is 375 g/mol. The van der Waals surface area contributed by atoms with E-state index in [1.807, 2.05) is 0 Å². The molecule has 0 aliphatic rings. The van der Waals surface area contributed by atoms with Gasteiger partial charge in [-0.1, -0.05) is 0 Å². The molecular weight excluding hydrogens is 354 g/mol. The molecule has 27 heavy (non-hydrogen) atoms. The lowest BCUT2D eigenvalue weighted by Crippen LogP contribution is -2.22. The molecule has 3 atom stereocenters. The number of hydrogen-bond donors (Lipinski definition) is 0. The topological polar surface area (TPSA) is 94.1 Å². The maximum absolute atomic E-state index is 5.46. The first-order valence-corrected chi connectivity index (χ1v) is 7.71. The predicted octanol–water partition coefficient (Wildman–Crippen LogP) is 0.995. The fourth-order valence-corrected chi connectivity index (χ4v) is 1.53. The summed E-state index contributed by atoms with van der Waals surface area (Å²) in [6, 6.07) is -0.408. The second kappa shape index (κ2) is 12.3. The summed E-state index contributed by atoms with van der Waals surface area (Å²) in [5, 5.41) is 0. The smallest absolute Gasteiger partial charge is 0.328 e. The van der Waals surface area contributed by atoms with Crippen molar-refractivity contribution >= 4 is 0 Å². The van der Waals surface area contributed by atoms with Crippen LogP contribution in [0, 0.1) is 35.5 Å². The van der Waals surface area contributed by atoms with Crippen LogP contribution in [0.2, 0.25) is 0 Å². The first kappa shape index (κ1) is 22.0. The second-order valence-corrected chi connectivity index (χ2v) is 4.42. The van der Waals surface area contributed by atoms with E-state index in [-0.39, 0.29) is 18.0 Å². The number of aromatic nitrogens is 3. The zero-order valence-corrected chi connectivity index (χ0v) is 16.0. The zero-order valence-electron chi connectivity index (χ0n) is 16.0. The largest absolute Gasteiger partial charge is 0.421 e. The molecule has 0 spiro atoms. The highest BCUT2D eigenvalue weighted by Gasteiger charge is 2.18. The van der Waals surface area contributed by atoms with Crippen molar-refractivity contribution in [3.8, 4) is 53.6 Å². The van der Waals surface area contributed by atoms with Crippen molar-refractivity contribution in [2.24, 2.45) is 0 Å². The molecule has 0 amide bonds. The summed E-state index contributed by atoms with van der Waals surface area (Å²) in [7, 11) is 4.29. The molecule has 0 aromatic carbocycles. The Hall–Kier alpha value is -3.03. The monoisotopic (exact) mass is 375 g/mol. The third kappa shape index (κ3) is 7.81. The quantitative estimate of drug-likeness (QED) is 0.463. The minimum Gasteiger partial charge on any atom is -0.421 e. The fourth-order valence-electron chi connectivity index (χ4n) is 1.53. The van der Waals surface area contributed by atoms with Gasteiger partial charge in [0.05, 0.1) is 0 Å². The number of rotatable bonds is 9. The van der Waals surface area contributed by atoms with Gasteiger partial charge in [-0.3, -0.25) is 0 Å². The third-order valence-electron chi connectivity index (χ3n) is 2.64. The van der Waals surface area contributed by atoms with E-state index in [1.165, 1.54) is 21.3 Å². The van der Waals surface area contributed by atoms with Gasteiger partial charge >= 0.3 is 18.0 Å². The molecule has 0 fully saturated rings. The molecular formula is C18H21N3O6. The minimum absolute atomic E-state index is 0.136. The normalized spacial score (nSPS) is 12.7. The first-order chi connectivity index (χ1) is 13.1. The van der Waals surface area contributed by atoms with E-state index in [1.54, 1.807) is 20.8 Å². The van der Waals surface area contributed by atoms with Crippen LogP contribution in [-0.2, 0) is 14.2 Å². The van der Waals surface area contributed by atoms with Crippen molar-refractivity contribution in [2.45, 2.75) is 39.6 Å². The van der Waals surface area contributed by atoms with E-state index >= 15 is 0 Å². The third-order valence-corrected chi connectivity index (χ3v) is 2.64. The summed E-state index contributed by atoms with van der Waals surface area (Å²) in [4.78, 5) is 12.1. The fraction of sp³-hybridized carbons (Fsp3) is 0.500. The van der Waals surface area contributed by atoms with Gasteiger partial charge in [0, 0.05) is 21.3 Å². The van der Waals surface area contributed by atoms with Crippen molar-refractivity contribution in [3.05, 3.63) is 0 Å². The molecule has 1 aromatic heterocycles. The Morgan fingerprint density at radius 1 is 0.556 bits per heavy atom. The molecule has 0 N–H and O–H groups in total. The van der Waals surface area contributed by atoms with Gasteiger partial charge in [-0.05, 0) is 38.5 Å². The molecule has 0 bridgehead atoms. The van der Waals surface area contributed by atoms with E-state index in [0.29, 0.717) is 0 Å². The van der Waals surface area contributed by atoms with Gasteiger partial charge in [0.15, 0.2) is 0 Å². The van der Waals surface area contributed by atoms with E-state index in [0.717, 1.165) is 0 Å². The highest BCUT2D eigenvalue weighted by molar-refractivity contribution is 5.13. The zero-order chi connectivity index (χ0) is 20.1. The first-order valence-electron chi connectivity index (χ1n) is 7.71. The van der Waals surface area contributed by atoms with Crippen LogP contribution >= 0.6 is 0 Å². The highest BCUT2D eigenvalue weighted by Crippen LogP contribution is 2.18. The standard InChI is InChI=1S/C18H21N3O6/c1-7-10-13(22-4)25-16-19-17(26-14(23-5)11-8-2)21-18(20-16)27-15(24-6)12-9-3/h13-15H,1-6H3. The minimum atomic E-state index is -0.889. The molecule has 0 saturated heterocycles. The Labute approximate surface area is 158 Å². The van der Waals surface area contributed by atoms with Crippen LogP contribution in [0.15, 0.2) is 0 Å². The van der Waals surface area contributed by atoms with Crippen LogP contribution in [0.3, 0.4) is 0 Å². The number of nitrogens with zero attached hydrogens (tertiary/aromatic N) is 3. The average Bonchev–Trinajstić information content (AvgIpc) is 2.66. The predicted molar refractivity (Wildman–Crippen MR) is 94.5 cm³/mol. The van der Waals surface area contributed by atoms with Crippen LogP contribution in [-0.4, -0.2) is 55.2 Å². The van der Waals surface area contributed by atoms with Crippen LogP contribution in [0.1, 0.15) is 20.8 Å². The molecule has 9 nitrogen and oxygen atoms in total. The van der Waals surface area contributed by atoms with Gasteiger partial charge in [-0.25, -0.2) is 0 Å². The van der Waals surface area contributed by atoms with E-state index in [9.17, 15) is 0 Å². The molecule has 1 heterocycles. The van der Waals surface area contributed by atoms with Crippen molar-refractivity contribution < 1.29 is 28.4 Å². The molecule has 1 aromatic rings. The van der Waals surface area contributed by atoms with Gasteiger partial charge in [-0.15, -0.1) is 32.7 Å². The maximum Gasteiger partial charge on any atom is 0.328 e. The molecule has 1 rings (SSSR count). The van der Waals surface area contributed by atoms with Gasteiger partial charge in [0.2, 0.25) is 0 Å². The Balaban J connectivity index is 3.19. The van der Waals surface area contributed by atoms with Gasteiger partial charge in [0.1, 0.15) is 0 Å². The van der Waals surface area contributed by atoms with Gasteiger partial charge in [0.25, 0.3) is 18.9 Å². The lowest BCUT2D eigenvalue weighted by Gasteiger charge is -2.15. The Morgan fingerprint density at radius 3 is 1.00 bits per heavy atom.